The van der Waals surface area contributed by atoms with Crippen molar-refractivity contribution in [2.24, 2.45) is 0 Å². The normalized spacial score (nSPS) is 14.4. The predicted octanol–water partition coefficient (Wildman–Crippen LogP) is 2.36. The summed E-state index contributed by atoms with van der Waals surface area (Å²) in [6.45, 7) is 6.28. The Morgan fingerprint density at radius 2 is 2.10 bits per heavy atom. The summed E-state index contributed by atoms with van der Waals surface area (Å²) in [4.78, 5) is 12.3. The van der Waals surface area contributed by atoms with Gasteiger partial charge in [-0.15, -0.1) is 15.3 Å². The SMILES string of the molecule is CCOc1nn(CC)cc1-c1nnc(SCC(=O)NC2CCCC2)n1CCOC. The zero-order valence-electron chi connectivity index (χ0n) is 17.4. The highest BCUT2D eigenvalue weighted by atomic mass is 32.2. The van der Waals surface area contributed by atoms with Gasteiger partial charge in [0.15, 0.2) is 11.0 Å². The van der Waals surface area contributed by atoms with E-state index in [4.69, 9.17) is 9.47 Å². The monoisotopic (exact) mass is 422 g/mol. The summed E-state index contributed by atoms with van der Waals surface area (Å²) >= 11 is 1.39. The largest absolute Gasteiger partial charge is 0.476 e. The Morgan fingerprint density at radius 1 is 1.31 bits per heavy atom. The van der Waals surface area contributed by atoms with Crippen LogP contribution in [0, 0.1) is 0 Å². The Balaban J connectivity index is 1.77. The van der Waals surface area contributed by atoms with Crippen molar-refractivity contribution >= 4 is 17.7 Å². The molecule has 3 rings (SSSR count). The van der Waals surface area contributed by atoms with Crippen molar-refractivity contribution in [3.05, 3.63) is 6.20 Å². The van der Waals surface area contributed by atoms with E-state index in [2.05, 4.69) is 20.6 Å². The number of carbonyl (C=O) groups excluding carboxylic acids is 1. The van der Waals surface area contributed by atoms with E-state index in [9.17, 15) is 4.79 Å². The van der Waals surface area contributed by atoms with Crippen LogP contribution in [0.2, 0.25) is 0 Å². The lowest BCUT2D eigenvalue weighted by atomic mass is 10.2. The summed E-state index contributed by atoms with van der Waals surface area (Å²) in [6, 6.07) is 0.318. The number of aryl methyl sites for hydroxylation is 1. The fraction of sp³-hybridized carbons (Fsp3) is 0.684. The summed E-state index contributed by atoms with van der Waals surface area (Å²) in [5.74, 6) is 1.56. The third-order valence-corrected chi connectivity index (χ3v) is 5.83. The third-order valence-electron chi connectivity index (χ3n) is 4.86. The number of amides is 1. The molecule has 0 aromatic carbocycles. The minimum atomic E-state index is 0.0403. The topological polar surface area (TPSA) is 96.1 Å². The van der Waals surface area contributed by atoms with E-state index in [-0.39, 0.29) is 5.91 Å². The van der Waals surface area contributed by atoms with Gasteiger partial charge in [-0.1, -0.05) is 24.6 Å². The minimum Gasteiger partial charge on any atom is -0.476 e. The van der Waals surface area contributed by atoms with Crippen LogP contribution in [-0.4, -0.2) is 62.6 Å². The highest BCUT2D eigenvalue weighted by Crippen LogP contribution is 2.30. The van der Waals surface area contributed by atoms with E-state index in [0.717, 1.165) is 24.9 Å². The van der Waals surface area contributed by atoms with Crippen LogP contribution in [0.4, 0.5) is 0 Å². The molecule has 2 heterocycles. The van der Waals surface area contributed by atoms with Crippen molar-refractivity contribution < 1.29 is 14.3 Å². The van der Waals surface area contributed by atoms with E-state index in [1.54, 1.807) is 7.11 Å². The molecular formula is C19H30N6O3S. The number of thioether (sulfide) groups is 1. The average molecular weight is 423 g/mol. The molecule has 0 unspecified atom stereocenters. The van der Waals surface area contributed by atoms with Gasteiger partial charge < -0.3 is 14.8 Å². The number of methoxy groups -OCH3 is 1. The summed E-state index contributed by atoms with van der Waals surface area (Å²) in [5.41, 5.74) is 0.791. The highest BCUT2D eigenvalue weighted by Gasteiger charge is 2.22. The molecule has 2 aromatic heterocycles. The summed E-state index contributed by atoms with van der Waals surface area (Å²) in [5, 5.41) is 17.0. The highest BCUT2D eigenvalue weighted by molar-refractivity contribution is 7.99. The van der Waals surface area contributed by atoms with Crippen LogP contribution in [0.1, 0.15) is 39.5 Å². The van der Waals surface area contributed by atoms with Crippen molar-refractivity contribution in [1.29, 1.82) is 0 Å². The van der Waals surface area contributed by atoms with Crippen LogP contribution in [0.25, 0.3) is 11.4 Å². The molecule has 160 valence electrons. The van der Waals surface area contributed by atoms with Gasteiger partial charge in [0, 0.05) is 25.9 Å². The maximum absolute atomic E-state index is 12.3. The number of hydrogen-bond acceptors (Lipinski definition) is 7. The van der Waals surface area contributed by atoms with Gasteiger partial charge in [0.1, 0.15) is 5.56 Å². The number of nitrogens with zero attached hydrogens (tertiary/aromatic N) is 5. The molecular weight excluding hydrogens is 392 g/mol. The molecule has 0 spiro atoms. The van der Waals surface area contributed by atoms with Crippen LogP contribution in [0.5, 0.6) is 5.88 Å². The maximum atomic E-state index is 12.3. The van der Waals surface area contributed by atoms with Crippen LogP contribution < -0.4 is 10.1 Å². The second-order valence-electron chi connectivity index (χ2n) is 6.92. The molecule has 0 aliphatic heterocycles. The molecule has 1 N–H and O–H groups in total. The van der Waals surface area contributed by atoms with Crippen molar-refractivity contribution in [3.8, 4) is 17.3 Å². The Hall–Kier alpha value is -2.07. The third kappa shape index (κ3) is 5.51. The van der Waals surface area contributed by atoms with Gasteiger partial charge in [0.2, 0.25) is 11.8 Å². The first-order valence-electron chi connectivity index (χ1n) is 10.2. The average Bonchev–Trinajstić information content (AvgIpc) is 3.45. The van der Waals surface area contributed by atoms with Gasteiger partial charge in [-0.05, 0) is 26.7 Å². The number of hydrogen-bond donors (Lipinski definition) is 1. The van der Waals surface area contributed by atoms with E-state index in [1.807, 2.05) is 29.3 Å². The Kier molecular flexibility index (Phi) is 7.93. The molecule has 10 heteroatoms. The summed E-state index contributed by atoms with van der Waals surface area (Å²) in [6.07, 6.45) is 6.46. The van der Waals surface area contributed by atoms with Crippen molar-refractivity contribution in [3.63, 3.8) is 0 Å². The molecule has 29 heavy (non-hydrogen) atoms. The van der Waals surface area contributed by atoms with Crippen LogP contribution in [-0.2, 0) is 22.6 Å². The van der Waals surface area contributed by atoms with Crippen molar-refractivity contribution in [2.75, 3.05) is 26.1 Å². The number of ether oxygens (including phenoxy) is 2. The first-order valence-corrected chi connectivity index (χ1v) is 11.2. The maximum Gasteiger partial charge on any atom is 0.243 e. The molecule has 1 aliphatic rings. The van der Waals surface area contributed by atoms with E-state index < -0.39 is 0 Å². The second-order valence-corrected chi connectivity index (χ2v) is 7.87. The van der Waals surface area contributed by atoms with Gasteiger partial charge >= 0.3 is 0 Å². The predicted molar refractivity (Wildman–Crippen MR) is 111 cm³/mol. The van der Waals surface area contributed by atoms with Crippen LogP contribution >= 0.6 is 11.8 Å². The smallest absolute Gasteiger partial charge is 0.243 e. The second kappa shape index (κ2) is 10.6. The Labute approximate surface area is 175 Å². The van der Waals surface area contributed by atoms with Crippen LogP contribution in [0.15, 0.2) is 11.4 Å². The molecule has 0 bridgehead atoms. The lowest BCUT2D eigenvalue weighted by Gasteiger charge is -2.12. The minimum absolute atomic E-state index is 0.0403. The zero-order valence-corrected chi connectivity index (χ0v) is 18.2. The quantitative estimate of drug-likeness (QED) is 0.555. The van der Waals surface area contributed by atoms with Gasteiger partial charge in [-0.3, -0.25) is 14.0 Å². The zero-order chi connectivity index (χ0) is 20.6. The first kappa shape index (κ1) is 21.6. The number of aromatic nitrogens is 5. The fourth-order valence-electron chi connectivity index (χ4n) is 3.41. The van der Waals surface area contributed by atoms with Gasteiger partial charge in [0.05, 0.1) is 25.5 Å². The lowest BCUT2D eigenvalue weighted by molar-refractivity contribution is -0.119. The van der Waals surface area contributed by atoms with Gasteiger partial charge in [-0.25, -0.2) is 0 Å². The molecule has 1 fully saturated rings. The molecule has 1 saturated carbocycles. The Bertz CT molecular complexity index is 800. The summed E-state index contributed by atoms with van der Waals surface area (Å²) in [7, 11) is 1.66. The van der Waals surface area contributed by atoms with Crippen LogP contribution in [0.3, 0.4) is 0 Å². The number of rotatable bonds is 11. The molecule has 0 radical (unpaired) electrons. The fourth-order valence-corrected chi connectivity index (χ4v) is 4.19. The first-order chi connectivity index (χ1) is 14.2. The Morgan fingerprint density at radius 3 is 2.79 bits per heavy atom. The van der Waals surface area contributed by atoms with Crippen molar-refractivity contribution in [1.82, 2.24) is 29.9 Å². The van der Waals surface area contributed by atoms with Gasteiger partial charge in [-0.2, -0.15) is 0 Å². The number of carbonyl (C=O) groups is 1. The molecule has 1 amide bonds. The lowest BCUT2D eigenvalue weighted by Crippen LogP contribution is -2.33. The van der Waals surface area contributed by atoms with E-state index >= 15 is 0 Å². The van der Waals surface area contributed by atoms with Crippen molar-refractivity contribution in [2.45, 2.75) is 63.8 Å². The molecule has 2 aromatic rings. The summed E-state index contributed by atoms with van der Waals surface area (Å²) < 4.78 is 14.7. The standard InChI is InChI=1S/C19H30N6O3S/c1-4-24-12-15(18(23-24)28-5-2)17-21-22-19(25(17)10-11-27-3)29-13-16(26)20-14-8-6-7-9-14/h12,14H,4-11,13H2,1-3H3,(H,20,26). The molecule has 9 nitrogen and oxygen atoms in total. The van der Waals surface area contributed by atoms with Gasteiger partial charge in [0.25, 0.3) is 0 Å². The molecule has 0 saturated heterocycles. The van der Waals surface area contributed by atoms with E-state index in [1.165, 1.54) is 24.6 Å². The number of nitrogens with one attached hydrogen (secondary N) is 1. The molecule has 0 atom stereocenters. The molecule has 1 aliphatic carbocycles. The van der Waals surface area contributed by atoms with E-state index in [0.29, 0.717) is 48.4 Å².